The molecule has 0 saturated carbocycles. The van der Waals surface area contributed by atoms with Gasteiger partial charge in [0.15, 0.2) is 6.29 Å². The summed E-state index contributed by atoms with van der Waals surface area (Å²) in [5.41, 5.74) is 0.311. The topological polar surface area (TPSA) is 88.7 Å². The Morgan fingerprint density at radius 2 is 2.56 bits per heavy atom. The first-order valence-electron chi connectivity index (χ1n) is 5.75. The van der Waals surface area contributed by atoms with Crippen molar-refractivity contribution in [3.8, 4) is 0 Å². The monoisotopic (exact) mass is 252 g/mol. The maximum atomic E-state index is 10.9. The summed E-state index contributed by atoms with van der Waals surface area (Å²) in [6, 6.07) is 0. The maximum Gasteiger partial charge on any atom is 0.172 e. The van der Waals surface area contributed by atoms with Crippen LogP contribution in [0.1, 0.15) is 29.6 Å². The van der Waals surface area contributed by atoms with Crippen LogP contribution >= 0.6 is 0 Å². The highest BCUT2D eigenvalue weighted by molar-refractivity contribution is 5.86. The van der Waals surface area contributed by atoms with Crippen molar-refractivity contribution < 1.29 is 14.6 Å². The number of hydrogen-bond acceptors (Lipinski definition) is 5. The third kappa shape index (κ3) is 2.41. The number of carbonyl (C=O) groups is 1. The Morgan fingerprint density at radius 3 is 3.17 bits per heavy atom. The summed E-state index contributed by atoms with van der Waals surface area (Å²) in [4.78, 5) is 18.7. The number of aliphatic hydroxyl groups excluding tert-OH is 1. The molecule has 18 heavy (non-hydrogen) atoms. The zero-order valence-electron chi connectivity index (χ0n) is 10.1. The fraction of sp³-hybridized carbons (Fsp3) is 0.545. The first-order chi connectivity index (χ1) is 8.80. The lowest BCUT2D eigenvalue weighted by Gasteiger charge is -2.16. The highest BCUT2D eigenvalue weighted by Crippen LogP contribution is 2.31. The SMILES string of the molecule is CN=CNc1c(C=O)ncn1C1CCC(CO)O1. The minimum atomic E-state index is -0.212. The van der Waals surface area contributed by atoms with E-state index in [2.05, 4.69) is 15.3 Å². The number of ether oxygens (including phenoxy) is 1. The van der Waals surface area contributed by atoms with Crippen molar-refractivity contribution in [1.29, 1.82) is 0 Å². The molecule has 0 spiro atoms. The summed E-state index contributed by atoms with van der Waals surface area (Å²) in [6.45, 7) is 0.00488. The predicted octanol–water partition coefficient (Wildman–Crippen LogP) is 0.435. The van der Waals surface area contributed by atoms with E-state index in [0.29, 0.717) is 17.8 Å². The molecule has 1 saturated heterocycles. The second-order valence-electron chi connectivity index (χ2n) is 4.01. The van der Waals surface area contributed by atoms with Crippen LogP contribution in [0, 0.1) is 0 Å². The van der Waals surface area contributed by atoms with Gasteiger partial charge in [-0.3, -0.25) is 14.4 Å². The van der Waals surface area contributed by atoms with Crippen LogP contribution in [0.25, 0.3) is 0 Å². The van der Waals surface area contributed by atoms with Gasteiger partial charge in [-0.1, -0.05) is 0 Å². The van der Waals surface area contributed by atoms with Gasteiger partial charge in [0.2, 0.25) is 0 Å². The largest absolute Gasteiger partial charge is 0.394 e. The molecule has 1 aliphatic heterocycles. The lowest BCUT2D eigenvalue weighted by molar-refractivity contribution is -0.0214. The predicted molar refractivity (Wildman–Crippen MR) is 65.9 cm³/mol. The van der Waals surface area contributed by atoms with Crippen molar-refractivity contribution in [3.63, 3.8) is 0 Å². The summed E-state index contributed by atoms with van der Waals surface area (Å²) in [7, 11) is 1.63. The van der Waals surface area contributed by atoms with E-state index in [4.69, 9.17) is 9.84 Å². The first-order valence-corrected chi connectivity index (χ1v) is 5.75. The number of aldehydes is 1. The second kappa shape index (κ2) is 5.74. The fourth-order valence-corrected chi connectivity index (χ4v) is 1.98. The molecule has 0 aliphatic carbocycles. The van der Waals surface area contributed by atoms with Crippen LogP contribution in [0.2, 0.25) is 0 Å². The summed E-state index contributed by atoms with van der Waals surface area (Å²) in [5, 5.41) is 12.0. The zero-order valence-corrected chi connectivity index (χ0v) is 10.1. The number of nitrogens with one attached hydrogen (secondary N) is 1. The van der Waals surface area contributed by atoms with E-state index in [1.807, 2.05) is 0 Å². The van der Waals surface area contributed by atoms with Gasteiger partial charge in [-0.25, -0.2) is 4.98 Å². The summed E-state index contributed by atoms with van der Waals surface area (Å²) >= 11 is 0. The molecule has 1 fully saturated rings. The Balaban J connectivity index is 2.22. The Bertz CT molecular complexity index is 443. The van der Waals surface area contributed by atoms with E-state index in [1.165, 1.54) is 6.34 Å². The minimum Gasteiger partial charge on any atom is -0.394 e. The van der Waals surface area contributed by atoms with Crippen LogP contribution in [0.4, 0.5) is 5.82 Å². The molecule has 2 atom stereocenters. The van der Waals surface area contributed by atoms with Crippen molar-refractivity contribution in [2.24, 2.45) is 4.99 Å². The molecule has 2 N–H and O–H groups in total. The standard InChI is InChI=1S/C11H16N4O3/c1-12-6-13-11-9(5-17)14-7-15(11)10-3-2-8(4-16)18-10/h5-8,10,16H,2-4H2,1H3,(H,12,13). The smallest absolute Gasteiger partial charge is 0.172 e. The number of aliphatic imine (C=N–C) groups is 1. The van der Waals surface area contributed by atoms with Gasteiger partial charge in [0.25, 0.3) is 0 Å². The van der Waals surface area contributed by atoms with Gasteiger partial charge >= 0.3 is 0 Å². The molecular formula is C11H16N4O3. The van der Waals surface area contributed by atoms with Crippen LogP contribution < -0.4 is 5.32 Å². The molecule has 2 unspecified atom stereocenters. The molecule has 1 aromatic heterocycles. The van der Waals surface area contributed by atoms with Crippen molar-refractivity contribution in [2.75, 3.05) is 19.0 Å². The van der Waals surface area contributed by atoms with Crippen LogP contribution in [0.3, 0.4) is 0 Å². The Hall–Kier alpha value is -1.73. The Labute approximate surface area is 104 Å². The molecule has 98 valence electrons. The number of nitrogens with zero attached hydrogens (tertiary/aromatic N) is 3. The van der Waals surface area contributed by atoms with Crippen molar-refractivity contribution in [1.82, 2.24) is 9.55 Å². The number of imidazole rings is 1. The summed E-state index contributed by atoms with van der Waals surface area (Å²) in [6.07, 6.45) is 4.93. The van der Waals surface area contributed by atoms with Gasteiger partial charge in [-0.2, -0.15) is 0 Å². The Morgan fingerprint density at radius 1 is 1.72 bits per heavy atom. The minimum absolute atomic E-state index is 0.00488. The highest BCUT2D eigenvalue weighted by atomic mass is 16.5. The number of rotatable bonds is 5. The number of anilines is 1. The lowest BCUT2D eigenvalue weighted by atomic mass is 10.2. The number of hydrogen-bond donors (Lipinski definition) is 2. The molecule has 0 aromatic carbocycles. The van der Waals surface area contributed by atoms with E-state index in [0.717, 1.165) is 12.8 Å². The first kappa shape index (κ1) is 12.7. The van der Waals surface area contributed by atoms with Crippen LogP contribution in [0.5, 0.6) is 0 Å². The van der Waals surface area contributed by atoms with Crippen molar-refractivity contribution >= 4 is 18.4 Å². The third-order valence-electron chi connectivity index (χ3n) is 2.86. The van der Waals surface area contributed by atoms with Gasteiger partial charge in [0.05, 0.1) is 25.4 Å². The van der Waals surface area contributed by atoms with E-state index < -0.39 is 0 Å². The zero-order chi connectivity index (χ0) is 13.0. The van der Waals surface area contributed by atoms with Crippen molar-refractivity contribution in [3.05, 3.63) is 12.0 Å². The molecule has 0 bridgehead atoms. The van der Waals surface area contributed by atoms with Crippen LogP contribution in [-0.4, -0.2) is 47.0 Å². The van der Waals surface area contributed by atoms with Gasteiger partial charge in [-0.15, -0.1) is 0 Å². The van der Waals surface area contributed by atoms with Gasteiger partial charge in [-0.05, 0) is 12.8 Å². The van der Waals surface area contributed by atoms with Gasteiger partial charge in [0.1, 0.15) is 17.7 Å². The van der Waals surface area contributed by atoms with E-state index >= 15 is 0 Å². The Kier molecular flexibility index (Phi) is 4.06. The quantitative estimate of drug-likeness (QED) is 0.451. The molecule has 7 heteroatoms. The molecular weight excluding hydrogens is 236 g/mol. The van der Waals surface area contributed by atoms with E-state index in [9.17, 15) is 4.79 Å². The molecule has 2 rings (SSSR count). The molecule has 7 nitrogen and oxygen atoms in total. The average Bonchev–Trinajstić information content (AvgIpc) is 3.01. The van der Waals surface area contributed by atoms with E-state index in [1.54, 1.807) is 17.9 Å². The van der Waals surface area contributed by atoms with E-state index in [-0.39, 0.29) is 18.9 Å². The molecule has 0 radical (unpaired) electrons. The molecule has 2 heterocycles. The molecule has 0 amide bonds. The van der Waals surface area contributed by atoms with Crippen molar-refractivity contribution in [2.45, 2.75) is 25.2 Å². The second-order valence-corrected chi connectivity index (χ2v) is 4.01. The highest BCUT2D eigenvalue weighted by Gasteiger charge is 2.28. The summed E-state index contributed by atoms with van der Waals surface area (Å²) < 4.78 is 7.40. The normalized spacial score (nSPS) is 23.7. The fourth-order valence-electron chi connectivity index (χ4n) is 1.98. The maximum absolute atomic E-state index is 10.9. The summed E-state index contributed by atoms with van der Waals surface area (Å²) in [5.74, 6) is 0.555. The number of carbonyl (C=O) groups excluding carboxylic acids is 1. The molecule has 1 aromatic rings. The number of aromatic nitrogens is 2. The number of aliphatic hydroxyl groups is 1. The molecule has 1 aliphatic rings. The lowest BCUT2D eigenvalue weighted by Crippen LogP contribution is -2.15. The van der Waals surface area contributed by atoms with Gasteiger partial charge < -0.3 is 15.2 Å². The average molecular weight is 252 g/mol. The third-order valence-corrected chi connectivity index (χ3v) is 2.86. The van der Waals surface area contributed by atoms with Crippen LogP contribution in [-0.2, 0) is 4.74 Å². The van der Waals surface area contributed by atoms with Crippen LogP contribution in [0.15, 0.2) is 11.3 Å². The van der Waals surface area contributed by atoms with Gasteiger partial charge in [0, 0.05) is 7.05 Å².